The second kappa shape index (κ2) is 57.8. The smallest absolute Gasteiger partial charge is 0.222 e. The van der Waals surface area contributed by atoms with Gasteiger partial charge in [0.1, 0.15) is 0 Å². The van der Waals surface area contributed by atoms with E-state index in [1.165, 1.54) is 296 Å². The van der Waals surface area contributed by atoms with Gasteiger partial charge in [-0.1, -0.05) is 272 Å². The van der Waals surface area contributed by atoms with Crippen LogP contribution >= 0.6 is 0 Å². The fourth-order valence-electron chi connectivity index (χ4n) is 10.4. The van der Waals surface area contributed by atoms with Crippen molar-refractivity contribution in [1.82, 2.24) is 14.7 Å². The van der Waals surface area contributed by atoms with Crippen molar-refractivity contribution in [3.63, 3.8) is 0 Å². The standard InChI is InChI=1S/C63H128N4O2/c1-5-9-13-17-21-31-39-47-58-66(59-48-40-32-22-18-14-10-6-2)62(68)52-43-35-27-25-29-37-45-55-65(57-51-54-64)56-46-38-30-26-28-36-44-53-63(69)67(60-49-41-33-23-19-15-11-7-3)61-50-42-34-24-20-16-12-8-4/h5-61,64H2,1-4H3. The summed E-state index contributed by atoms with van der Waals surface area (Å²) in [4.78, 5) is 33.9. The van der Waals surface area contributed by atoms with E-state index in [0.29, 0.717) is 11.8 Å². The van der Waals surface area contributed by atoms with Crippen molar-refractivity contribution in [3.05, 3.63) is 0 Å². The predicted molar refractivity (Wildman–Crippen MR) is 308 cm³/mol. The molecule has 0 heterocycles. The fourth-order valence-corrected chi connectivity index (χ4v) is 10.4. The monoisotopic (exact) mass is 973 g/mol. The average Bonchev–Trinajstić information content (AvgIpc) is 3.35. The molecular weight excluding hydrogens is 845 g/mol. The van der Waals surface area contributed by atoms with E-state index in [0.717, 1.165) is 71.4 Å². The van der Waals surface area contributed by atoms with Crippen molar-refractivity contribution >= 4 is 11.8 Å². The van der Waals surface area contributed by atoms with Gasteiger partial charge in [-0.05, 0) is 84.0 Å². The molecule has 0 aromatic carbocycles. The molecule has 0 bridgehead atoms. The Balaban J connectivity index is 4.31. The van der Waals surface area contributed by atoms with E-state index in [9.17, 15) is 9.59 Å². The van der Waals surface area contributed by atoms with Gasteiger partial charge in [-0.15, -0.1) is 0 Å². The molecule has 0 rings (SSSR count). The third-order valence-corrected chi connectivity index (χ3v) is 15.2. The van der Waals surface area contributed by atoms with Crippen LogP contribution in [0.5, 0.6) is 0 Å². The molecule has 412 valence electrons. The minimum absolute atomic E-state index is 0.428. The van der Waals surface area contributed by atoms with Crippen molar-refractivity contribution in [2.24, 2.45) is 5.73 Å². The number of carbonyl (C=O) groups is 2. The Hall–Kier alpha value is -1.14. The van der Waals surface area contributed by atoms with Crippen molar-refractivity contribution in [2.75, 3.05) is 52.4 Å². The third-order valence-electron chi connectivity index (χ3n) is 15.2. The number of unbranched alkanes of at least 4 members (excludes halogenated alkanes) is 40. The Bertz CT molecular complexity index is 893. The van der Waals surface area contributed by atoms with Crippen LogP contribution < -0.4 is 5.73 Å². The Morgan fingerprint density at radius 3 is 0.667 bits per heavy atom. The summed E-state index contributed by atoms with van der Waals surface area (Å²) in [6, 6.07) is 0. The first kappa shape index (κ1) is 67.9. The maximum absolute atomic E-state index is 13.4. The Labute approximate surface area is 434 Å². The summed E-state index contributed by atoms with van der Waals surface area (Å²) in [7, 11) is 0. The normalized spacial score (nSPS) is 11.6. The van der Waals surface area contributed by atoms with E-state index in [4.69, 9.17) is 5.73 Å². The molecule has 0 aliphatic carbocycles. The number of nitrogens with two attached hydrogens (primary N) is 1. The second-order valence-corrected chi connectivity index (χ2v) is 22.1. The summed E-state index contributed by atoms with van der Waals surface area (Å²) in [5.74, 6) is 0.856. The molecule has 0 fully saturated rings. The molecule has 0 aromatic heterocycles. The summed E-state index contributed by atoms with van der Waals surface area (Å²) in [5, 5.41) is 0. The highest BCUT2D eigenvalue weighted by atomic mass is 16.2. The Morgan fingerprint density at radius 1 is 0.246 bits per heavy atom. The molecule has 2 amide bonds. The van der Waals surface area contributed by atoms with Gasteiger partial charge in [0.25, 0.3) is 0 Å². The maximum atomic E-state index is 13.4. The minimum Gasteiger partial charge on any atom is -0.343 e. The molecule has 0 aliphatic heterocycles. The van der Waals surface area contributed by atoms with E-state index < -0.39 is 0 Å². The van der Waals surface area contributed by atoms with Gasteiger partial charge in [0.2, 0.25) is 11.8 Å². The zero-order valence-corrected chi connectivity index (χ0v) is 48.0. The average molecular weight is 974 g/mol. The summed E-state index contributed by atoms with van der Waals surface area (Å²) in [6.45, 7) is 17.4. The van der Waals surface area contributed by atoms with E-state index in [-0.39, 0.29) is 0 Å². The van der Waals surface area contributed by atoms with Crippen molar-refractivity contribution in [2.45, 2.75) is 342 Å². The Kier molecular flexibility index (Phi) is 56.8. The molecule has 6 heteroatoms. The predicted octanol–water partition coefficient (Wildman–Crippen LogP) is 19.1. The molecule has 0 saturated carbocycles. The third kappa shape index (κ3) is 50.2. The molecule has 0 aliphatic rings. The number of amides is 2. The number of carbonyl (C=O) groups excluding carboxylic acids is 2. The van der Waals surface area contributed by atoms with Crippen LogP contribution in [0.1, 0.15) is 342 Å². The number of hydrogen-bond acceptors (Lipinski definition) is 4. The summed E-state index contributed by atoms with van der Waals surface area (Å²) in [6.07, 6.45) is 62.7. The van der Waals surface area contributed by atoms with E-state index in [1.54, 1.807) is 0 Å². The van der Waals surface area contributed by atoms with E-state index in [2.05, 4.69) is 42.4 Å². The van der Waals surface area contributed by atoms with Crippen LogP contribution in [0.3, 0.4) is 0 Å². The van der Waals surface area contributed by atoms with E-state index >= 15 is 0 Å². The molecular formula is C63H128N4O2. The quantitative estimate of drug-likeness (QED) is 0.0617. The highest BCUT2D eigenvalue weighted by Crippen LogP contribution is 2.17. The van der Waals surface area contributed by atoms with Crippen LogP contribution in [-0.4, -0.2) is 78.9 Å². The minimum atomic E-state index is 0.428. The Morgan fingerprint density at radius 2 is 0.435 bits per heavy atom. The SMILES string of the molecule is CCCCCCCCCCN(CCCCCCCCCC)C(=O)CCCCCCCCCN(CCCN)CCCCCCCCCC(=O)N(CCCCCCCCCC)CCCCCCCCCC. The molecule has 0 spiro atoms. The highest BCUT2D eigenvalue weighted by molar-refractivity contribution is 5.76. The zero-order valence-electron chi connectivity index (χ0n) is 48.0. The topological polar surface area (TPSA) is 69.9 Å². The lowest BCUT2D eigenvalue weighted by Gasteiger charge is -2.23. The van der Waals surface area contributed by atoms with Crippen LogP contribution in [0, 0.1) is 0 Å². The van der Waals surface area contributed by atoms with Gasteiger partial charge in [0, 0.05) is 39.0 Å². The molecule has 69 heavy (non-hydrogen) atoms. The van der Waals surface area contributed by atoms with Crippen LogP contribution in [0.25, 0.3) is 0 Å². The van der Waals surface area contributed by atoms with Crippen molar-refractivity contribution < 1.29 is 9.59 Å². The lowest BCUT2D eigenvalue weighted by Crippen LogP contribution is -2.32. The van der Waals surface area contributed by atoms with Gasteiger partial charge in [-0.3, -0.25) is 9.59 Å². The fraction of sp³-hybridized carbons (Fsp3) is 0.968. The number of hydrogen-bond donors (Lipinski definition) is 1. The van der Waals surface area contributed by atoms with Gasteiger partial charge in [0.05, 0.1) is 0 Å². The molecule has 0 aromatic rings. The van der Waals surface area contributed by atoms with Crippen LogP contribution in [0.15, 0.2) is 0 Å². The first-order chi connectivity index (χ1) is 34.0. The van der Waals surface area contributed by atoms with Crippen molar-refractivity contribution in [1.29, 1.82) is 0 Å². The number of nitrogens with zero attached hydrogens (tertiary/aromatic N) is 3. The van der Waals surface area contributed by atoms with E-state index in [1.807, 2.05) is 0 Å². The van der Waals surface area contributed by atoms with Crippen LogP contribution in [-0.2, 0) is 9.59 Å². The first-order valence-corrected chi connectivity index (χ1v) is 32.0. The molecule has 0 radical (unpaired) electrons. The molecule has 0 saturated heterocycles. The molecule has 0 atom stereocenters. The number of rotatable bonds is 59. The highest BCUT2D eigenvalue weighted by Gasteiger charge is 2.14. The lowest BCUT2D eigenvalue weighted by molar-refractivity contribution is -0.132. The van der Waals surface area contributed by atoms with Crippen LogP contribution in [0.4, 0.5) is 0 Å². The summed E-state index contributed by atoms with van der Waals surface area (Å²) in [5.41, 5.74) is 5.94. The van der Waals surface area contributed by atoms with Crippen molar-refractivity contribution in [3.8, 4) is 0 Å². The van der Waals surface area contributed by atoms with Crippen LogP contribution in [0.2, 0.25) is 0 Å². The summed E-state index contributed by atoms with van der Waals surface area (Å²) < 4.78 is 0. The van der Waals surface area contributed by atoms with Gasteiger partial charge in [-0.25, -0.2) is 0 Å². The second-order valence-electron chi connectivity index (χ2n) is 22.1. The van der Waals surface area contributed by atoms with Gasteiger partial charge in [-0.2, -0.15) is 0 Å². The van der Waals surface area contributed by atoms with Gasteiger partial charge < -0.3 is 20.4 Å². The lowest BCUT2D eigenvalue weighted by atomic mass is 10.1. The molecule has 2 N–H and O–H groups in total. The van der Waals surface area contributed by atoms with Gasteiger partial charge in [0.15, 0.2) is 0 Å². The maximum Gasteiger partial charge on any atom is 0.222 e. The largest absolute Gasteiger partial charge is 0.343 e. The molecule has 6 nitrogen and oxygen atoms in total. The first-order valence-electron chi connectivity index (χ1n) is 32.0. The zero-order chi connectivity index (χ0) is 50.2. The summed E-state index contributed by atoms with van der Waals surface area (Å²) >= 11 is 0. The molecule has 0 unspecified atom stereocenters. The van der Waals surface area contributed by atoms with Gasteiger partial charge >= 0.3 is 0 Å².